The van der Waals surface area contributed by atoms with Crippen LogP contribution in [-0.4, -0.2) is 11.2 Å². The summed E-state index contributed by atoms with van der Waals surface area (Å²) in [6.45, 7) is 25.2. The van der Waals surface area contributed by atoms with Crippen molar-refractivity contribution in [2.45, 2.75) is 27.7 Å². The van der Waals surface area contributed by atoms with Gasteiger partial charge in [0.1, 0.15) is 23.7 Å². The van der Waals surface area contributed by atoms with Crippen LogP contribution in [0.25, 0.3) is 94.8 Å². The fourth-order valence-corrected chi connectivity index (χ4v) is 9.38. The van der Waals surface area contributed by atoms with Gasteiger partial charge in [-0.3, -0.25) is 0 Å². The number of aromatic nitrogens is 1. The molecule has 0 aliphatic carbocycles. The Balaban J connectivity index is 0.000000857. The summed E-state index contributed by atoms with van der Waals surface area (Å²) in [5.41, 5.74) is 17.0. The topological polar surface area (TPSA) is 27.3 Å². The van der Waals surface area contributed by atoms with Crippen LogP contribution in [0.3, 0.4) is 0 Å². The quantitative estimate of drug-likeness (QED) is 0.142. The summed E-state index contributed by atoms with van der Waals surface area (Å²) < 4.78 is 15.5. The van der Waals surface area contributed by atoms with Crippen molar-refractivity contribution < 1.29 is 9.15 Å². The van der Waals surface area contributed by atoms with Gasteiger partial charge >= 0.3 is 0 Å². The number of hydrogen-bond donors (Lipinski definition) is 0. The average molecular weight is 856 g/mol. The van der Waals surface area contributed by atoms with E-state index in [9.17, 15) is 0 Å². The number of aryl methyl sites for hydroxylation is 1. The van der Waals surface area contributed by atoms with Gasteiger partial charge in [-0.15, -0.1) is 0 Å². The molecule has 322 valence electrons. The van der Waals surface area contributed by atoms with Crippen LogP contribution in [0.5, 0.6) is 5.75 Å². The van der Waals surface area contributed by atoms with E-state index < -0.39 is 0 Å². The van der Waals surface area contributed by atoms with Gasteiger partial charge in [0.25, 0.3) is 0 Å². The molecule has 3 heterocycles. The molecule has 1 aliphatic heterocycles. The van der Waals surface area contributed by atoms with Gasteiger partial charge in [0.05, 0.1) is 16.7 Å². The fourth-order valence-electron chi connectivity index (χ4n) is 9.38. The first-order chi connectivity index (χ1) is 32.3. The first-order valence-corrected chi connectivity index (χ1v) is 22.5. The number of para-hydroxylation sites is 2. The third kappa shape index (κ3) is 7.79. The minimum absolute atomic E-state index is 0.462. The maximum absolute atomic E-state index is 6.59. The van der Waals surface area contributed by atoms with Gasteiger partial charge in [-0.05, 0) is 115 Å². The van der Waals surface area contributed by atoms with Crippen LogP contribution in [0.15, 0.2) is 212 Å². The highest BCUT2D eigenvalue weighted by atomic mass is 16.5. The Labute approximate surface area is 388 Å². The van der Waals surface area contributed by atoms with Crippen LogP contribution < -0.4 is 4.74 Å². The predicted molar refractivity (Wildman–Crippen MR) is 285 cm³/mol. The Morgan fingerprint density at radius 2 is 1.33 bits per heavy atom. The molecule has 2 aromatic heterocycles. The SMILES string of the molecule is C=C(C)/C=C\C.C=Cc1c(/C(=C\C)c2ccc3c(c2)c2cc(-c4cccc5c4OC/C=C\C=C/C5=C)ccc2n3-c2cc(-c3ccccc3C)c(C=C)c3ccccc23)oc2ccccc12. The number of ether oxygens (including phenoxy) is 1. The summed E-state index contributed by atoms with van der Waals surface area (Å²) in [4.78, 5) is 0. The minimum atomic E-state index is 0.462. The minimum Gasteiger partial charge on any atom is -0.488 e. The zero-order valence-electron chi connectivity index (χ0n) is 38.2. The highest BCUT2D eigenvalue weighted by Crippen LogP contribution is 2.45. The maximum Gasteiger partial charge on any atom is 0.142 e. The third-order valence-corrected chi connectivity index (χ3v) is 12.4. The molecule has 0 spiro atoms. The molecular weight excluding hydrogens is 803 g/mol. The summed E-state index contributed by atoms with van der Waals surface area (Å²) >= 11 is 0. The number of nitrogens with zero attached hydrogens (tertiary/aromatic N) is 1. The Hall–Kier alpha value is -8.14. The Kier molecular flexibility index (Phi) is 12.1. The van der Waals surface area contributed by atoms with Crippen molar-refractivity contribution >= 4 is 66.8 Å². The van der Waals surface area contributed by atoms with E-state index in [0.29, 0.717) is 6.61 Å². The summed E-state index contributed by atoms with van der Waals surface area (Å²) in [5.74, 6) is 1.64. The molecule has 66 heavy (non-hydrogen) atoms. The molecule has 0 unspecified atom stereocenters. The van der Waals surface area contributed by atoms with Crippen molar-refractivity contribution in [3.8, 4) is 33.7 Å². The maximum atomic E-state index is 6.59. The van der Waals surface area contributed by atoms with E-state index in [4.69, 9.17) is 9.15 Å². The van der Waals surface area contributed by atoms with E-state index in [0.717, 1.165) is 116 Å². The number of benzene rings is 7. The molecule has 0 atom stereocenters. The van der Waals surface area contributed by atoms with Gasteiger partial charge in [0.15, 0.2) is 0 Å². The molecule has 1 aliphatic rings. The Bertz CT molecular complexity index is 3540. The molecule has 0 bridgehead atoms. The lowest BCUT2D eigenvalue weighted by Crippen LogP contribution is -2.00. The average Bonchev–Trinajstić information content (AvgIpc) is 3.89. The molecular formula is C63H53NO2. The number of fused-ring (bicyclic) bond motifs is 6. The third-order valence-electron chi connectivity index (χ3n) is 12.4. The van der Waals surface area contributed by atoms with Gasteiger partial charge in [0, 0.05) is 43.8 Å². The summed E-state index contributed by atoms with van der Waals surface area (Å²) in [7, 11) is 0. The molecule has 10 rings (SSSR count). The largest absolute Gasteiger partial charge is 0.488 e. The highest BCUT2D eigenvalue weighted by Gasteiger charge is 2.23. The standard InChI is InChI=1S/C57H43NO2.C6H10/c1-6-40(57-42(8-3)48-24-15-16-27-55(48)60-57)38-28-30-52-50(33-38)51-34-39(45-26-18-25-44-37(5)19-10-9-17-32-59-56(44)45)29-31-53(51)58(52)54-35-49(43-21-12-11-20-36(43)4)41(7-2)46-22-13-14-23-47(46)54;1-4-5-6(2)3/h6-31,33-35H,2-3,5,32H2,1,4H3;4-5H,2H2,1,3H3/b17-9-,19-10-,40-6-;5-4-. The van der Waals surface area contributed by atoms with Crippen molar-refractivity contribution in [1.82, 2.24) is 4.57 Å². The van der Waals surface area contributed by atoms with Crippen molar-refractivity contribution in [2.24, 2.45) is 0 Å². The van der Waals surface area contributed by atoms with E-state index >= 15 is 0 Å². The summed E-state index contributed by atoms with van der Waals surface area (Å²) in [5, 5.41) is 5.61. The molecule has 3 nitrogen and oxygen atoms in total. The van der Waals surface area contributed by atoms with E-state index in [1.807, 2.05) is 80.7 Å². The second-order valence-corrected chi connectivity index (χ2v) is 16.6. The second-order valence-electron chi connectivity index (χ2n) is 16.6. The first-order valence-electron chi connectivity index (χ1n) is 22.5. The van der Waals surface area contributed by atoms with Crippen molar-refractivity contribution in [2.75, 3.05) is 6.61 Å². The number of allylic oxidation sites excluding steroid dienone is 8. The monoisotopic (exact) mass is 855 g/mol. The highest BCUT2D eigenvalue weighted by molar-refractivity contribution is 6.14. The smallest absolute Gasteiger partial charge is 0.142 e. The van der Waals surface area contributed by atoms with Crippen molar-refractivity contribution in [3.05, 3.63) is 241 Å². The Morgan fingerprint density at radius 3 is 2.06 bits per heavy atom. The van der Waals surface area contributed by atoms with Crippen LogP contribution in [-0.2, 0) is 0 Å². The molecule has 0 amide bonds. The molecule has 0 N–H and O–H groups in total. The van der Waals surface area contributed by atoms with Gasteiger partial charge < -0.3 is 13.7 Å². The number of hydrogen-bond acceptors (Lipinski definition) is 2. The van der Waals surface area contributed by atoms with E-state index in [2.05, 4.69) is 166 Å². The lowest BCUT2D eigenvalue weighted by Gasteiger charge is -2.19. The van der Waals surface area contributed by atoms with E-state index in [1.165, 1.54) is 11.1 Å². The summed E-state index contributed by atoms with van der Waals surface area (Å²) in [6.07, 6.45) is 18.1. The molecule has 0 saturated carbocycles. The molecule has 3 heteroatoms. The lowest BCUT2D eigenvalue weighted by atomic mass is 9.90. The zero-order valence-corrected chi connectivity index (χ0v) is 38.2. The Morgan fingerprint density at radius 1 is 0.652 bits per heavy atom. The lowest BCUT2D eigenvalue weighted by molar-refractivity contribution is 0.363. The summed E-state index contributed by atoms with van der Waals surface area (Å²) in [6, 6.07) is 47.8. The van der Waals surface area contributed by atoms with Gasteiger partial charge in [0.2, 0.25) is 0 Å². The van der Waals surface area contributed by atoms with Gasteiger partial charge in [-0.25, -0.2) is 0 Å². The molecule has 7 aromatic carbocycles. The van der Waals surface area contributed by atoms with Crippen LogP contribution in [0, 0.1) is 6.92 Å². The van der Waals surface area contributed by atoms with Crippen molar-refractivity contribution in [1.29, 1.82) is 0 Å². The van der Waals surface area contributed by atoms with Crippen LogP contribution in [0.2, 0.25) is 0 Å². The van der Waals surface area contributed by atoms with Crippen LogP contribution in [0.1, 0.15) is 54.3 Å². The fraction of sp³-hybridized carbons (Fsp3) is 0.0794. The molecule has 0 saturated heterocycles. The normalized spacial score (nSPS) is 13.7. The van der Waals surface area contributed by atoms with Crippen LogP contribution >= 0.6 is 0 Å². The van der Waals surface area contributed by atoms with Gasteiger partial charge in [-0.1, -0.05) is 178 Å². The van der Waals surface area contributed by atoms with Crippen LogP contribution in [0.4, 0.5) is 0 Å². The van der Waals surface area contributed by atoms with Crippen molar-refractivity contribution in [3.63, 3.8) is 0 Å². The zero-order chi connectivity index (χ0) is 45.9. The predicted octanol–water partition coefficient (Wildman–Crippen LogP) is 17.7. The van der Waals surface area contributed by atoms with Gasteiger partial charge in [-0.2, -0.15) is 0 Å². The molecule has 0 radical (unpaired) electrons. The molecule has 9 aromatic rings. The molecule has 0 fully saturated rings. The van der Waals surface area contributed by atoms with E-state index in [-0.39, 0.29) is 0 Å². The number of rotatable bonds is 8. The number of furan rings is 1. The first kappa shape index (κ1) is 43.1. The second kappa shape index (κ2) is 18.5. The van der Waals surface area contributed by atoms with E-state index in [1.54, 1.807) is 0 Å².